The second-order valence-electron chi connectivity index (χ2n) is 44.4. The zero-order chi connectivity index (χ0) is 109. The van der Waals surface area contributed by atoms with Crippen molar-refractivity contribution in [1.29, 1.82) is 0 Å². The summed E-state index contributed by atoms with van der Waals surface area (Å²) in [5, 5.41) is 41.3. The van der Waals surface area contributed by atoms with Crippen molar-refractivity contribution in [1.82, 2.24) is 55.8 Å². The van der Waals surface area contributed by atoms with Crippen LogP contribution in [-0.4, -0.2) is 283 Å². The normalized spacial score (nSPS) is 20.7. The van der Waals surface area contributed by atoms with Crippen LogP contribution in [0.25, 0.3) is 0 Å². The summed E-state index contributed by atoms with van der Waals surface area (Å²) in [5.41, 5.74) is 4.99. The summed E-state index contributed by atoms with van der Waals surface area (Å²) in [7, 11) is 6.57. The number of nitrogens with one attached hydrogen (secondary N) is 4. The SMILES string of the molecule is CC(C)C(CCc1ccccc1)OC(=O)C1CCCCN1C(=O)C(=O)C(C)(C)C(C)C.CC(C)C1=CC(O)C(OC(=O)C2CCCCN2C(=O)C(=O)C2(O)OC(C(C)C)CCC2C)C=C1.CC(C)OC(=O)C1CCCN(C(=O)C(Cc2cccc(O)c2)NC(=O)C(NC(=O)C(C)C)C(C)C)N1.CCCC(NC(=O)C(CC(C)C)N(C)C(=O)C(C(C)C)N(C)C(=O)C(CC(C)C)N(C)C(=O)C(C)C)C(=O)N(C)C(C)C. The number of phenolic OH excluding ortho intramolecular Hbond substituents is 1. The number of likely N-dealkylation sites (N-methyl/N-ethyl adjacent to an activating group) is 4. The molecule has 1 aliphatic carbocycles. The average molecular weight is 2020 g/mol. The van der Waals surface area contributed by atoms with E-state index in [0.29, 0.717) is 95.7 Å². The van der Waals surface area contributed by atoms with Crippen LogP contribution >= 0.6 is 0 Å². The van der Waals surface area contributed by atoms with E-state index >= 15 is 0 Å². The van der Waals surface area contributed by atoms with Gasteiger partial charge in [-0.3, -0.25) is 67.3 Å². The number of carbonyl (C=O) groups excluding carboxylic acids is 15. The number of hydrazine groups is 1. The van der Waals surface area contributed by atoms with Crippen molar-refractivity contribution >= 4 is 88.5 Å². The summed E-state index contributed by atoms with van der Waals surface area (Å²) in [6, 6.07) is 9.36. The molecule has 812 valence electrons. The predicted molar refractivity (Wildman–Crippen MR) is 555 cm³/mol. The molecule has 4 heterocycles. The second-order valence-corrected chi connectivity index (χ2v) is 44.4. The van der Waals surface area contributed by atoms with Crippen LogP contribution in [0.3, 0.4) is 0 Å². The summed E-state index contributed by atoms with van der Waals surface area (Å²) in [4.78, 5) is 207. The maximum Gasteiger partial charge on any atom is 0.329 e. The van der Waals surface area contributed by atoms with Gasteiger partial charge in [-0.15, -0.1) is 0 Å². The number of aliphatic hydroxyl groups is 2. The number of ether oxygens (including phenoxy) is 4. The highest BCUT2D eigenvalue weighted by molar-refractivity contribution is 6.39. The largest absolute Gasteiger partial charge is 0.508 e. The first-order chi connectivity index (χ1) is 67.1. The highest BCUT2D eigenvalue weighted by Gasteiger charge is 2.54. The molecule has 2 aromatic rings. The molecular weight excluding hydrogens is 1840 g/mol. The summed E-state index contributed by atoms with van der Waals surface area (Å²) < 4.78 is 22.5. The highest BCUT2D eigenvalue weighted by atomic mass is 16.6. The van der Waals surface area contributed by atoms with Crippen LogP contribution < -0.4 is 21.4 Å². The number of aliphatic hydroxyl groups excluding tert-OH is 1. The number of esters is 3. The van der Waals surface area contributed by atoms with Crippen molar-refractivity contribution in [3.63, 3.8) is 0 Å². The molecule has 0 bridgehead atoms. The molecule has 33 heteroatoms. The molecular formula is C111H181N11O22. The van der Waals surface area contributed by atoms with Crippen molar-refractivity contribution in [3.05, 3.63) is 89.5 Å². The number of allylic oxidation sites excluding steroid dienone is 2. The summed E-state index contributed by atoms with van der Waals surface area (Å²) >= 11 is 0. The topological polar surface area (TPSA) is 424 Å². The Balaban J connectivity index is 0.000000402. The number of Topliss-reactive ketones (excluding diaryl/α,β-unsaturated/α-hetero) is 2. The molecule has 0 radical (unpaired) electrons. The van der Waals surface area contributed by atoms with Gasteiger partial charge in [-0.25, -0.2) is 15.0 Å². The molecule has 4 saturated heterocycles. The Morgan fingerprint density at radius 1 is 0.556 bits per heavy atom. The smallest absolute Gasteiger partial charge is 0.329 e. The lowest BCUT2D eigenvalue weighted by molar-refractivity contribution is -0.269. The number of hydrogen-bond acceptors (Lipinski definition) is 23. The van der Waals surface area contributed by atoms with E-state index in [1.54, 1.807) is 120 Å². The quantitative estimate of drug-likeness (QED) is 0.0184. The Hall–Kier alpha value is -9.99. The molecule has 15 atom stereocenters. The third-order valence-electron chi connectivity index (χ3n) is 28.0. The number of hydrogen-bond donors (Lipinski definition) is 7. The van der Waals surface area contributed by atoms with E-state index in [-0.39, 0.29) is 144 Å². The first kappa shape index (κ1) is 126. The monoisotopic (exact) mass is 2020 g/mol. The zero-order valence-electron chi connectivity index (χ0n) is 92.8. The molecule has 0 saturated carbocycles. The van der Waals surface area contributed by atoms with Crippen molar-refractivity contribution < 1.29 is 106 Å². The molecule has 33 nitrogen and oxygen atoms in total. The minimum absolute atomic E-state index is 0.0197. The summed E-state index contributed by atoms with van der Waals surface area (Å²) in [6.45, 7) is 53.9. The minimum atomic E-state index is -2.21. The maximum absolute atomic E-state index is 14.2. The van der Waals surface area contributed by atoms with Gasteiger partial charge in [0.05, 0.1) is 12.2 Å². The Kier molecular flexibility index (Phi) is 51.9. The fraction of sp³-hybridized carbons (Fsp3) is 0.721. The summed E-state index contributed by atoms with van der Waals surface area (Å²) in [5.74, 6) is -9.94. The lowest BCUT2D eigenvalue weighted by Gasteiger charge is -2.43. The number of aryl methyl sites for hydroxylation is 1. The minimum Gasteiger partial charge on any atom is -0.508 e. The van der Waals surface area contributed by atoms with Gasteiger partial charge in [0.2, 0.25) is 52.9 Å². The van der Waals surface area contributed by atoms with Crippen LogP contribution in [0, 0.1) is 70.5 Å². The van der Waals surface area contributed by atoms with E-state index in [9.17, 15) is 87.2 Å². The van der Waals surface area contributed by atoms with E-state index in [2.05, 4.69) is 33.5 Å². The standard InChI is InChI=1S/C33H63N5O5.C26H40N4O6.C26H39NO7.C26H39NO4/c1-16-17-25(31(41)35(12)24(10)11)34-29(39)26(18-20(2)3)36(13)33(43)28(22(6)7)38(15)32(42)27(19-21(4)5)37(14)30(40)23(8)9;1-15(2)22(28-23(32)16(3)4)24(33)27-21(14-18-9-7-10-19(31)13-18)25(34)30-12-8-11-20(29-30)26(35)36-17(5)6;1-15(2)18-10-12-22(20(28)14-18)33-25(31)19-8-6-7-13-27(19)24(30)23(29)26(32)17(5)9-11-21(34-26)16(3)4;1-18(2)22(16-15-20-12-8-7-9-13-20)31-25(30)21-14-10-11-17-27(21)24(29)23(28)26(5,6)19(3)4/h20-28H,16-19H2,1-15H3,(H,34,39);7,9-10,13,15-17,20-22,29,31H,8,11-12,14H2,1-6H3,(H,27,33)(H,28,32);10,12,14-17,19-22,28,32H,6-9,11,13H2,1-5H3;7-9,12-13,18-19,21-22H,10-11,14-17H2,1-6H3. The van der Waals surface area contributed by atoms with Crippen LogP contribution in [0.1, 0.15) is 301 Å². The van der Waals surface area contributed by atoms with Gasteiger partial charge in [-0.05, 0) is 212 Å². The molecule has 2 aromatic carbocycles. The van der Waals surface area contributed by atoms with Gasteiger partial charge in [-0.2, -0.15) is 0 Å². The molecule has 15 unspecified atom stereocenters. The number of likely N-dealkylation sites (tertiary alicyclic amines) is 2. The molecule has 144 heavy (non-hydrogen) atoms. The molecule has 5 aliphatic rings. The fourth-order valence-corrected chi connectivity index (χ4v) is 17.8. The number of ketones is 2. The fourth-order valence-electron chi connectivity index (χ4n) is 17.8. The van der Waals surface area contributed by atoms with Crippen molar-refractivity contribution in [3.8, 4) is 5.75 Å². The number of aromatic hydroxyl groups is 1. The molecule has 0 spiro atoms. The number of rotatable bonds is 42. The average Bonchev–Trinajstić information content (AvgIpc) is 0.767. The van der Waals surface area contributed by atoms with Crippen LogP contribution in [0.5, 0.6) is 5.75 Å². The number of nitrogens with zero attached hydrogens (tertiary/aromatic N) is 7. The molecule has 4 aliphatic heterocycles. The van der Waals surface area contributed by atoms with E-state index in [1.165, 1.54) is 47.2 Å². The van der Waals surface area contributed by atoms with E-state index in [1.807, 2.05) is 156 Å². The van der Waals surface area contributed by atoms with Crippen LogP contribution in [0.2, 0.25) is 0 Å². The summed E-state index contributed by atoms with van der Waals surface area (Å²) in [6.07, 6.45) is 12.4. The lowest BCUT2D eigenvalue weighted by atomic mass is 9.76. The van der Waals surface area contributed by atoms with E-state index in [0.717, 1.165) is 31.3 Å². The number of benzene rings is 2. The number of carbonyl (C=O) groups is 15. The number of amides is 10. The molecule has 7 N–H and O–H groups in total. The molecule has 10 amide bonds. The Morgan fingerprint density at radius 2 is 1.12 bits per heavy atom. The van der Waals surface area contributed by atoms with Crippen LogP contribution in [-0.2, 0) is 104 Å². The van der Waals surface area contributed by atoms with Gasteiger partial charge in [0.25, 0.3) is 23.5 Å². The second kappa shape index (κ2) is 59.1. The van der Waals surface area contributed by atoms with Crippen LogP contribution in [0.4, 0.5) is 0 Å². The van der Waals surface area contributed by atoms with Gasteiger partial charge >= 0.3 is 17.9 Å². The Bertz CT molecular complexity index is 4600. The van der Waals surface area contributed by atoms with Crippen molar-refractivity contribution in [2.45, 2.75) is 400 Å². The highest BCUT2D eigenvalue weighted by Crippen LogP contribution is 2.38. The van der Waals surface area contributed by atoms with Gasteiger partial charge in [0, 0.05) is 83.5 Å². The predicted octanol–water partition coefficient (Wildman–Crippen LogP) is 13.0. The number of piperidine rings is 2. The van der Waals surface area contributed by atoms with Gasteiger partial charge in [0.15, 0.2) is 0 Å². The van der Waals surface area contributed by atoms with Crippen LogP contribution in [0.15, 0.2) is 78.4 Å². The van der Waals surface area contributed by atoms with Gasteiger partial charge in [0.1, 0.15) is 78.4 Å². The maximum atomic E-state index is 14.2. The third kappa shape index (κ3) is 37.1. The van der Waals surface area contributed by atoms with E-state index in [4.69, 9.17) is 18.9 Å². The Morgan fingerprint density at radius 3 is 1.62 bits per heavy atom. The van der Waals surface area contributed by atoms with E-state index < -0.39 is 131 Å². The zero-order valence-corrected chi connectivity index (χ0v) is 92.8. The number of phenols is 1. The van der Waals surface area contributed by atoms with Gasteiger partial charge < -0.3 is 79.6 Å². The molecule has 0 aromatic heterocycles. The Labute approximate surface area is 859 Å². The third-order valence-corrected chi connectivity index (χ3v) is 28.0. The first-order valence-corrected chi connectivity index (χ1v) is 52.8. The molecule has 7 rings (SSSR count). The van der Waals surface area contributed by atoms with Gasteiger partial charge in [-0.1, -0.05) is 221 Å². The molecule has 4 fully saturated rings. The van der Waals surface area contributed by atoms with Crippen molar-refractivity contribution in [2.75, 3.05) is 47.8 Å². The lowest BCUT2D eigenvalue weighted by Crippen LogP contribution is -2.62. The van der Waals surface area contributed by atoms with Crippen molar-refractivity contribution in [2.24, 2.45) is 70.5 Å². The first-order valence-electron chi connectivity index (χ1n) is 52.8.